The lowest BCUT2D eigenvalue weighted by atomic mass is 10.00. The van der Waals surface area contributed by atoms with Gasteiger partial charge in [0.25, 0.3) is 5.78 Å². The van der Waals surface area contributed by atoms with Crippen molar-refractivity contribution in [2.75, 3.05) is 14.2 Å². The third-order valence-electron chi connectivity index (χ3n) is 3.89. The summed E-state index contributed by atoms with van der Waals surface area (Å²) in [4.78, 5) is 24.2. The first-order chi connectivity index (χ1) is 12.1. The molecular formula is C19H15NO5. The van der Waals surface area contributed by atoms with Crippen molar-refractivity contribution in [1.82, 2.24) is 0 Å². The van der Waals surface area contributed by atoms with E-state index in [2.05, 4.69) is 4.74 Å². The Hall–Kier alpha value is -3.41. The minimum absolute atomic E-state index is 0.00860. The molecule has 6 nitrogen and oxygen atoms in total. The van der Waals surface area contributed by atoms with E-state index in [-0.39, 0.29) is 11.3 Å². The molecule has 1 aromatic heterocycles. The molecule has 0 saturated heterocycles. The van der Waals surface area contributed by atoms with Gasteiger partial charge in [-0.1, -0.05) is 12.1 Å². The highest BCUT2D eigenvalue weighted by atomic mass is 16.5. The fourth-order valence-corrected chi connectivity index (χ4v) is 2.65. The van der Waals surface area contributed by atoms with Crippen LogP contribution < -0.4 is 9.47 Å². The SMILES string of the molecule is COC(=O)C(=O)c1cc2ccccc2[n+]([O-])c1-c1ccc(OC)cc1. The van der Waals surface area contributed by atoms with E-state index in [9.17, 15) is 14.8 Å². The molecule has 0 atom stereocenters. The fourth-order valence-electron chi connectivity index (χ4n) is 2.65. The van der Waals surface area contributed by atoms with Crippen molar-refractivity contribution in [3.63, 3.8) is 0 Å². The summed E-state index contributed by atoms with van der Waals surface area (Å²) in [6.07, 6.45) is 0. The van der Waals surface area contributed by atoms with E-state index in [0.29, 0.717) is 26.9 Å². The lowest BCUT2D eigenvalue weighted by Gasteiger charge is -2.12. The molecule has 126 valence electrons. The van der Waals surface area contributed by atoms with Crippen molar-refractivity contribution in [2.45, 2.75) is 0 Å². The number of aromatic nitrogens is 1. The van der Waals surface area contributed by atoms with Crippen molar-refractivity contribution in [3.05, 3.63) is 65.4 Å². The average Bonchev–Trinajstić information content (AvgIpc) is 2.67. The molecule has 3 rings (SSSR count). The molecule has 0 aliphatic rings. The molecule has 3 aromatic rings. The third-order valence-corrected chi connectivity index (χ3v) is 3.89. The number of hydrogen-bond donors (Lipinski definition) is 0. The first kappa shape index (κ1) is 16.4. The summed E-state index contributed by atoms with van der Waals surface area (Å²) in [6.45, 7) is 0. The number of para-hydroxylation sites is 1. The molecule has 0 fully saturated rings. The van der Waals surface area contributed by atoms with E-state index in [1.165, 1.54) is 13.2 Å². The van der Waals surface area contributed by atoms with Gasteiger partial charge in [-0.05, 0) is 36.4 Å². The number of benzene rings is 2. The van der Waals surface area contributed by atoms with Crippen molar-refractivity contribution < 1.29 is 23.8 Å². The van der Waals surface area contributed by atoms with Crippen LogP contribution in [-0.2, 0) is 9.53 Å². The quantitative estimate of drug-likeness (QED) is 0.240. The number of fused-ring (bicyclic) bond motifs is 1. The molecule has 0 N–H and O–H groups in total. The summed E-state index contributed by atoms with van der Waals surface area (Å²) in [5.41, 5.74) is 0.978. The van der Waals surface area contributed by atoms with Crippen LogP contribution in [0.4, 0.5) is 0 Å². The van der Waals surface area contributed by atoms with Crippen LogP contribution in [0.15, 0.2) is 54.6 Å². The number of nitrogens with zero attached hydrogens (tertiary/aromatic N) is 1. The van der Waals surface area contributed by atoms with E-state index >= 15 is 0 Å². The summed E-state index contributed by atoms with van der Waals surface area (Å²) in [5, 5.41) is 13.5. The minimum atomic E-state index is -1.02. The van der Waals surface area contributed by atoms with E-state index in [1.807, 2.05) is 0 Å². The maximum Gasteiger partial charge on any atom is 0.379 e. The van der Waals surface area contributed by atoms with Gasteiger partial charge in [0.05, 0.1) is 14.2 Å². The zero-order valence-corrected chi connectivity index (χ0v) is 13.7. The number of carbonyl (C=O) groups excluding carboxylic acids is 2. The van der Waals surface area contributed by atoms with Crippen LogP contribution in [0.5, 0.6) is 5.75 Å². The number of methoxy groups -OCH3 is 2. The van der Waals surface area contributed by atoms with E-state index in [0.717, 1.165) is 7.11 Å². The molecule has 0 unspecified atom stereocenters. The predicted molar refractivity (Wildman–Crippen MR) is 91.2 cm³/mol. The van der Waals surface area contributed by atoms with Gasteiger partial charge in [0.2, 0.25) is 11.2 Å². The Bertz CT molecular complexity index is 963. The molecule has 0 spiro atoms. The molecule has 0 aliphatic carbocycles. The van der Waals surface area contributed by atoms with Gasteiger partial charge in [0, 0.05) is 17.0 Å². The molecule has 6 heteroatoms. The molecule has 2 aromatic carbocycles. The monoisotopic (exact) mass is 337 g/mol. The summed E-state index contributed by atoms with van der Waals surface area (Å²) in [5.74, 6) is -1.28. The zero-order valence-electron chi connectivity index (χ0n) is 13.7. The smallest absolute Gasteiger partial charge is 0.379 e. The van der Waals surface area contributed by atoms with Crippen LogP contribution >= 0.6 is 0 Å². The Kier molecular flexibility index (Phi) is 4.35. The highest BCUT2D eigenvalue weighted by Crippen LogP contribution is 2.26. The number of pyridine rings is 1. The Morgan fingerprint density at radius 3 is 2.32 bits per heavy atom. The van der Waals surface area contributed by atoms with E-state index in [4.69, 9.17) is 4.74 Å². The van der Waals surface area contributed by atoms with Crippen molar-refractivity contribution in [1.29, 1.82) is 0 Å². The number of rotatable bonds is 4. The fraction of sp³-hybridized carbons (Fsp3) is 0.105. The Morgan fingerprint density at radius 2 is 1.68 bits per heavy atom. The van der Waals surface area contributed by atoms with Crippen molar-refractivity contribution >= 4 is 22.7 Å². The molecule has 0 radical (unpaired) electrons. The summed E-state index contributed by atoms with van der Waals surface area (Å²) in [6, 6.07) is 15.0. The van der Waals surface area contributed by atoms with Gasteiger partial charge in [-0.2, -0.15) is 4.73 Å². The Morgan fingerprint density at radius 1 is 1.00 bits per heavy atom. The third kappa shape index (κ3) is 2.89. The topological polar surface area (TPSA) is 79.5 Å². The van der Waals surface area contributed by atoms with Gasteiger partial charge in [-0.25, -0.2) is 4.79 Å². The maximum absolute atomic E-state index is 12.9. The number of Topliss-reactive ketones (excluding diaryl/α,β-unsaturated/α-hetero) is 1. The van der Waals surface area contributed by atoms with Crippen LogP contribution in [0, 0.1) is 5.21 Å². The molecule has 0 aliphatic heterocycles. The molecule has 0 amide bonds. The number of esters is 1. The van der Waals surface area contributed by atoms with E-state index in [1.54, 1.807) is 48.5 Å². The number of ether oxygens (including phenoxy) is 2. The van der Waals surface area contributed by atoms with Gasteiger partial charge in [0.15, 0.2) is 0 Å². The molecule has 25 heavy (non-hydrogen) atoms. The van der Waals surface area contributed by atoms with Crippen LogP contribution in [-0.4, -0.2) is 26.0 Å². The normalized spacial score (nSPS) is 10.5. The lowest BCUT2D eigenvalue weighted by Crippen LogP contribution is -2.33. The second-order valence-electron chi connectivity index (χ2n) is 5.31. The number of hydrogen-bond acceptors (Lipinski definition) is 5. The first-order valence-electron chi connectivity index (χ1n) is 7.49. The largest absolute Gasteiger partial charge is 0.618 e. The lowest BCUT2D eigenvalue weighted by molar-refractivity contribution is -0.565. The standard InChI is InChI=1S/C19H15NO5/c1-24-14-9-7-12(8-10-14)17-15(18(21)19(22)25-2)11-13-5-3-4-6-16(13)20(17)23/h3-11H,1-2H3. The van der Waals surface area contributed by atoms with Crippen molar-refractivity contribution in [2.24, 2.45) is 0 Å². The van der Waals surface area contributed by atoms with Crippen molar-refractivity contribution in [3.8, 4) is 17.0 Å². The van der Waals surface area contributed by atoms with Crippen LogP contribution in [0.25, 0.3) is 22.2 Å². The van der Waals surface area contributed by atoms with Crippen LogP contribution in [0.2, 0.25) is 0 Å². The Balaban J connectivity index is 2.31. The average molecular weight is 337 g/mol. The zero-order chi connectivity index (χ0) is 18.0. The molecule has 1 heterocycles. The first-order valence-corrected chi connectivity index (χ1v) is 7.49. The van der Waals surface area contributed by atoms with Gasteiger partial charge in [-0.3, -0.25) is 4.79 Å². The van der Waals surface area contributed by atoms with E-state index < -0.39 is 11.8 Å². The van der Waals surface area contributed by atoms with Gasteiger partial charge >= 0.3 is 5.97 Å². The highest BCUT2D eigenvalue weighted by molar-refractivity contribution is 6.41. The summed E-state index contributed by atoms with van der Waals surface area (Å²) < 4.78 is 10.3. The molecular weight excluding hydrogens is 322 g/mol. The van der Waals surface area contributed by atoms with Crippen LogP contribution in [0.3, 0.4) is 0 Å². The number of ketones is 1. The van der Waals surface area contributed by atoms with Gasteiger partial charge in [-0.15, -0.1) is 0 Å². The highest BCUT2D eigenvalue weighted by Gasteiger charge is 2.28. The summed E-state index contributed by atoms with van der Waals surface area (Å²) >= 11 is 0. The number of carbonyl (C=O) groups is 2. The predicted octanol–water partition coefficient (Wildman–Crippen LogP) is 2.50. The molecule has 0 bridgehead atoms. The Labute approximate surface area is 143 Å². The van der Waals surface area contributed by atoms with Gasteiger partial charge < -0.3 is 14.7 Å². The maximum atomic E-state index is 12.9. The second-order valence-corrected chi connectivity index (χ2v) is 5.31. The summed E-state index contributed by atoms with van der Waals surface area (Å²) in [7, 11) is 2.66. The van der Waals surface area contributed by atoms with Gasteiger partial charge in [0.1, 0.15) is 11.3 Å². The minimum Gasteiger partial charge on any atom is -0.618 e. The molecule has 0 saturated carbocycles. The van der Waals surface area contributed by atoms with Crippen LogP contribution in [0.1, 0.15) is 10.4 Å². The second kappa shape index (κ2) is 6.60.